The fraction of sp³-hybridized carbons (Fsp3) is 0.222. The predicted octanol–water partition coefficient (Wildman–Crippen LogP) is 5.94. The minimum Gasteiger partial charge on any atom is -0.494 e. The summed E-state index contributed by atoms with van der Waals surface area (Å²) in [6, 6.07) is 21.4. The van der Waals surface area contributed by atoms with Crippen LogP contribution in [0.1, 0.15) is 52.5 Å². The number of unbranched alkanes of at least 4 members (excludes halogenated alkanes) is 2. The van der Waals surface area contributed by atoms with Crippen LogP contribution in [0.3, 0.4) is 0 Å². The molecule has 0 bridgehead atoms. The molecule has 0 aliphatic heterocycles. The Morgan fingerprint density at radius 1 is 0.824 bits per heavy atom. The lowest BCUT2D eigenvalue weighted by atomic mass is 10.1. The highest BCUT2D eigenvalue weighted by Crippen LogP contribution is 2.16. The Kier molecular flexibility index (Phi) is 9.17. The van der Waals surface area contributed by atoms with E-state index in [9.17, 15) is 9.59 Å². The van der Waals surface area contributed by atoms with E-state index >= 15 is 0 Å². The number of ether oxygens (including phenoxy) is 1. The van der Waals surface area contributed by atoms with E-state index in [-0.39, 0.29) is 16.9 Å². The van der Waals surface area contributed by atoms with Crippen molar-refractivity contribution in [2.75, 3.05) is 17.2 Å². The Bertz CT molecular complexity index is 1130. The molecule has 0 atom stereocenters. The van der Waals surface area contributed by atoms with Gasteiger partial charge in [-0.05, 0) is 86.2 Å². The molecule has 0 heterocycles. The number of thiocarbonyl (C=S) groups is 1. The molecule has 3 aromatic carbocycles. The second kappa shape index (κ2) is 12.5. The Hall–Kier alpha value is -3.71. The molecule has 176 valence electrons. The lowest BCUT2D eigenvalue weighted by Crippen LogP contribution is -2.34. The van der Waals surface area contributed by atoms with Crippen molar-refractivity contribution in [1.82, 2.24) is 5.32 Å². The van der Waals surface area contributed by atoms with E-state index in [0.29, 0.717) is 29.1 Å². The van der Waals surface area contributed by atoms with Gasteiger partial charge in [0.15, 0.2) is 5.11 Å². The van der Waals surface area contributed by atoms with E-state index < -0.39 is 0 Å². The summed E-state index contributed by atoms with van der Waals surface area (Å²) in [5.41, 5.74) is 3.45. The molecule has 2 amide bonds. The fourth-order valence-corrected chi connectivity index (χ4v) is 3.42. The molecule has 0 fully saturated rings. The van der Waals surface area contributed by atoms with Gasteiger partial charge in [0, 0.05) is 22.5 Å². The number of hydrogen-bond acceptors (Lipinski definition) is 4. The van der Waals surface area contributed by atoms with Gasteiger partial charge < -0.3 is 15.4 Å². The van der Waals surface area contributed by atoms with E-state index in [1.807, 2.05) is 25.1 Å². The van der Waals surface area contributed by atoms with Crippen molar-refractivity contribution < 1.29 is 14.3 Å². The number of benzene rings is 3. The first-order valence-corrected chi connectivity index (χ1v) is 11.7. The Labute approximate surface area is 205 Å². The number of amides is 2. The third-order valence-electron chi connectivity index (χ3n) is 5.04. The van der Waals surface area contributed by atoms with Crippen molar-refractivity contribution in [2.24, 2.45) is 0 Å². The van der Waals surface area contributed by atoms with E-state index in [2.05, 4.69) is 22.9 Å². The lowest BCUT2D eigenvalue weighted by molar-refractivity contribution is 0.0976. The highest BCUT2D eigenvalue weighted by molar-refractivity contribution is 7.80. The van der Waals surface area contributed by atoms with Crippen molar-refractivity contribution in [3.05, 3.63) is 89.5 Å². The Morgan fingerprint density at radius 2 is 1.50 bits per heavy atom. The van der Waals surface area contributed by atoms with Crippen LogP contribution in [0.2, 0.25) is 0 Å². The fourth-order valence-electron chi connectivity index (χ4n) is 3.21. The van der Waals surface area contributed by atoms with Crippen molar-refractivity contribution in [3.8, 4) is 5.75 Å². The maximum atomic E-state index is 12.5. The topological polar surface area (TPSA) is 79.5 Å². The SMILES string of the molecule is CCCCCOc1ccc(C(=O)NC(=S)Nc2ccc(NC(=O)c3cccc(C)c3)cc2)cc1. The van der Waals surface area contributed by atoms with Crippen LogP contribution in [0.4, 0.5) is 11.4 Å². The van der Waals surface area contributed by atoms with Crippen LogP contribution in [-0.2, 0) is 0 Å². The van der Waals surface area contributed by atoms with Gasteiger partial charge in [0.1, 0.15) is 5.75 Å². The van der Waals surface area contributed by atoms with E-state index in [4.69, 9.17) is 17.0 Å². The average molecular weight is 476 g/mol. The molecule has 0 aliphatic carbocycles. The summed E-state index contributed by atoms with van der Waals surface area (Å²) < 4.78 is 5.67. The van der Waals surface area contributed by atoms with Gasteiger partial charge >= 0.3 is 0 Å². The van der Waals surface area contributed by atoms with Crippen molar-refractivity contribution in [3.63, 3.8) is 0 Å². The molecule has 34 heavy (non-hydrogen) atoms. The molecule has 3 N–H and O–H groups in total. The van der Waals surface area contributed by atoms with Gasteiger partial charge in [-0.15, -0.1) is 0 Å². The zero-order chi connectivity index (χ0) is 24.3. The van der Waals surface area contributed by atoms with E-state index in [1.165, 1.54) is 0 Å². The second-order valence-electron chi connectivity index (χ2n) is 7.89. The van der Waals surface area contributed by atoms with Gasteiger partial charge in [0.2, 0.25) is 0 Å². The number of anilines is 2. The molecule has 0 unspecified atom stereocenters. The second-order valence-corrected chi connectivity index (χ2v) is 8.30. The first-order chi connectivity index (χ1) is 16.4. The molecule has 0 aliphatic rings. The van der Waals surface area contributed by atoms with Gasteiger partial charge in [0.05, 0.1) is 6.61 Å². The van der Waals surface area contributed by atoms with Crippen LogP contribution < -0.4 is 20.7 Å². The summed E-state index contributed by atoms with van der Waals surface area (Å²) in [5.74, 6) is 0.254. The molecular formula is C27H29N3O3S. The molecular weight excluding hydrogens is 446 g/mol. The zero-order valence-electron chi connectivity index (χ0n) is 19.4. The number of carbonyl (C=O) groups excluding carboxylic acids is 2. The number of carbonyl (C=O) groups is 2. The lowest BCUT2D eigenvalue weighted by Gasteiger charge is -2.11. The number of rotatable bonds is 9. The average Bonchev–Trinajstić information content (AvgIpc) is 2.83. The quantitative estimate of drug-likeness (QED) is 0.264. The molecule has 3 aromatic rings. The molecule has 0 spiro atoms. The number of nitrogens with one attached hydrogen (secondary N) is 3. The van der Waals surface area contributed by atoms with Crippen LogP contribution in [0.25, 0.3) is 0 Å². The molecule has 3 rings (SSSR count). The minimum atomic E-state index is -0.308. The Morgan fingerprint density at radius 3 is 2.15 bits per heavy atom. The third kappa shape index (κ3) is 7.71. The highest BCUT2D eigenvalue weighted by Gasteiger charge is 2.09. The van der Waals surface area contributed by atoms with E-state index in [1.54, 1.807) is 54.6 Å². The summed E-state index contributed by atoms with van der Waals surface area (Å²) >= 11 is 5.26. The minimum absolute atomic E-state index is 0.176. The summed E-state index contributed by atoms with van der Waals surface area (Å²) in [4.78, 5) is 24.8. The monoisotopic (exact) mass is 475 g/mol. The van der Waals surface area contributed by atoms with Crippen LogP contribution in [0.15, 0.2) is 72.8 Å². The first-order valence-electron chi connectivity index (χ1n) is 11.3. The van der Waals surface area contributed by atoms with Crippen LogP contribution in [0, 0.1) is 6.92 Å². The molecule has 7 heteroatoms. The van der Waals surface area contributed by atoms with Gasteiger partial charge in [-0.2, -0.15) is 0 Å². The summed E-state index contributed by atoms with van der Waals surface area (Å²) in [5, 5.41) is 8.69. The van der Waals surface area contributed by atoms with Crippen molar-refractivity contribution in [2.45, 2.75) is 33.1 Å². The smallest absolute Gasteiger partial charge is 0.257 e. The summed E-state index contributed by atoms with van der Waals surface area (Å²) in [7, 11) is 0. The molecule has 0 saturated carbocycles. The van der Waals surface area contributed by atoms with Gasteiger partial charge in [-0.25, -0.2) is 0 Å². The third-order valence-corrected chi connectivity index (χ3v) is 5.25. The van der Waals surface area contributed by atoms with Crippen LogP contribution in [-0.4, -0.2) is 23.5 Å². The molecule has 0 saturated heterocycles. The van der Waals surface area contributed by atoms with E-state index in [0.717, 1.165) is 30.6 Å². The zero-order valence-corrected chi connectivity index (χ0v) is 20.2. The molecule has 0 aromatic heterocycles. The maximum absolute atomic E-state index is 12.5. The summed E-state index contributed by atoms with van der Waals surface area (Å²) in [6.07, 6.45) is 3.29. The van der Waals surface area contributed by atoms with Crippen molar-refractivity contribution >= 4 is 40.5 Å². The number of hydrogen-bond donors (Lipinski definition) is 3. The largest absolute Gasteiger partial charge is 0.494 e. The van der Waals surface area contributed by atoms with Gasteiger partial charge in [-0.1, -0.05) is 37.5 Å². The first kappa shape index (κ1) is 24.9. The summed E-state index contributed by atoms with van der Waals surface area (Å²) in [6.45, 7) is 4.76. The standard InChI is InChI=1S/C27H29N3O3S/c1-3-4-5-17-33-24-15-9-20(10-16-24)25(31)30-27(34)29-23-13-11-22(12-14-23)28-26(32)21-8-6-7-19(2)18-21/h6-16,18H,3-5,17H2,1-2H3,(H,28,32)(H2,29,30,31,34). The van der Waals surface area contributed by atoms with Crippen molar-refractivity contribution in [1.29, 1.82) is 0 Å². The van der Waals surface area contributed by atoms with Gasteiger partial charge in [-0.3, -0.25) is 14.9 Å². The number of aryl methyl sites for hydroxylation is 1. The van der Waals surface area contributed by atoms with Gasteiger partial charge in [0.25, 0.3) is 11.8 Å². The molecule has 6 nitrogen and oxygen atoms in total. The van der Waals surface area contributed by atoms with Crippen LogP contribution in [0.5, 0.6) is 5.75 Å². The maximum Gasteiger partial charge on any atom is 0.257 e. The molecule has 0 radical (unpaired) electrons. The highest BCUT2D eigenvalue weighted by atomic mass is 32.1. The van der Waals surface area contributed by atoms with Crippen LogP contribution >= 0.6 is 12.2 Å². The predicted molar refractivity (Wildman–Crippen MR) is 141 cm³/mol. The Balaban J connectivity index is 1.48. The normalized spacial score (nSPS) is 10.3.